The van der Waals surface area contributed by atoms with Crippen LogP contribution in [-0.4, -0.2) is 15.0 Å². The second-order valence-electron chi connectivity index (χ2n) is 3.15. The largest absolute Gasteiger partial charge is 0.156 e. The van der Waals surface area contributed by atoms with Crippen molar-refractivity contribution in [1.29, 1.82) is 0 Å². The molecule has 0 spiro atoms. The zero-order valence-corrected chi connectivity index (χ0v) is 8.45. The van der Waals surface area contributed by atoms with Gasteiger partial charge in [-0.1, -0.05) is 13.8 Å². The average molecular weight is 193 g/mol. The highest BCUT2D eigenvalue weighted by Crippen LogP contribution is 2.26. The molecular weight excluding hydrogens is 182 g/mol. The van der Waals surface area contributed by atoms with Crippen LogP contribution in [0.15, 0.2) is 23.8 Å². The molecule has 0 aliphatic heterocycles. The maximum Gasteiger partial charge on any atom is 0.142 e. The molecule has 2 rings (SSSR count). The Morgan fingerprint density at radius 2 is 2.00 bits per heavy atom. The lowest BCUT2D eigenvalue weighted by atomic mass is 10.1. The summed E-state index contributed by atoms with van der Waals surface area (Å²) in [5.41, 5.74) is 1.31. The van der Waals surface area contributed by atoms with E-state index in [-0.39, 0.29) is 0 Å². The van der Waals surface area contributed by atoms with Crippen LogP contribution >= 0.6 is 11.3 Å². The molecule has 0 radical (unpaired) electrons. The van der Waals surface area contributed by atoms with Gasteiger partial charge < -0.3 is 0 Å². The molecule has 0 fully saturated rings. The fraction of sp³-hybridized carbons (Fsp3) is 0.333. The molecule has 0 saturated carbocycles. The maximum absolute atomic E-state index is 4.12. The summed E-state index contributed by atoms with van der Waals surface area (Å²) in [6.45, 7) is 4.35. The van der Waals surface area contributed by atoms with E-state index in [1.807, 2.05) is 0 Å². The van der Waals surface area contributed by atoms with Gasteiger partial charge in [-0.3, -0.25) is 0 Å². The van der Waals surface area contributed by atoms with E-state index in [9.17, 15) is 0 Å². The molecule has 0 aliphatic rings. The molecule has 0 unspecified atom stereocenters. The normalized spacial score (nSPS) is 11.0. The molecule has 2 heterocycles. The van der Waals surface area contributed by atoms with Gasteiger partial charge in [0, 0.05) is 0 Å². The number of thiophene rings is 1. The second kappa shape index (κ2) is 3.30. The van der Waals surface area contributed by atoms with E-state index in [4.69, 9.17) is 0 Å². The Bertz CT molecular complexity index is 375. The molecule has 0 N–H and O–H groups in total. The highest BCUT2D eigenvalue weighted by atomic mass is 32.1. The molecular formula is C9H11N3S. The first-order chi connectivity index (χ1) is 6.29. The van der Waals surface area contributed by atoms with Crippen molar-refractivity contribution in [2.24, 2.45) is 0 Å². The van der Waals surface area contributed by atoms with E-state index in [1.165, 1.54) is 5.56 Å². The molecule has 0 amide bonds. The van der Waals surface area contributed by atoms with Gasteiger partial charge in [0.2, 0.25) is 0 Å². The first kappa shape index (κ1) is 8.44. The van der Waals surface area contributed by atoms with Crippen molar-refractivity contribution in [3.63, 3.8) is 0 Å². The fourth-order valence-corrected chi connectivity index (χ4v) is 2.21. The summed E-state index contributed by atoms with van der Waals surface area (Å²) >= 11 is 1.67. The highest BCUT2D eigenvalue weighted by Gasteiger charge is 2.10. The van der Waals surface area contributed by atoms with Crippen molar-refractivity contribution in [3.8, 4) is 5.00 Å². The van der Waals surface area contributed by atoms with E-state index in [0.29, 0.717) is 5.92 Å². The summed E-state index contributed by atoms with van der Waals surface area (Å²) in [6, 6.07) is 2.13. The molecule has 13 heavy (non-hydrogen) atoms. The van der Waals surface area contributed by atoms with Crippen LogP contribution in [-0.2, 0) is 0 Å². The van der Waals surface area contributed by atoms with Gasteiger partial charge in [0.05, 0.1) is 12.4 Å². The zero-order valence-electron chi connectivity index (χ0n) is 7.64. The Balaban J connectivity index is 2.46. The minimum absolute atomic E-state index is 0.521. The van der Waals surface area contributed by atoms with Crippen LogP contribution in [0.1, 0.15) is 25.3 Å². The van der Waals surface area contributed by atoms with Crippen LogP contribution in [0.5, 0.6) is 0 Å². The molecule has 2 aromatic rings. The number of nitrogens with zero attached hydrogens (tertiary/aromatic N) is 3. The molecule has 0 saturated heterocycles. The second-order valence-corrected chi connectivity index (χ2v) is 4.05. The van der Waals surface area contributed by atoms with Crippen LogP contribution in [0.3, 0.4) is 0 Å². The predicted octanol–water partition coefficient (Wildman–Crippen LogP) is 2.45. The van der Waals surface area contributed by atoms with Crippen LogP contribution in [0, 0.1) is 0 Å². The predicted molar refractivity (Wildman–Crippen MR) is 53.3 cm³/mol. The maximum atomic E-state index is 4.12. The SMILES string of the molecule is CC(C)c1ccsc1-n1nccn1. The summed E-state index contributed by atoms with van der Waals surface area (Å²) in [5.74, 6) is 0.521. The number of hydrogen-bond donors (Lipinski definition) is 0. The van der Waals surface area contributed by atoms with Crippen molar-refractivity contribution in [3.05, 3.63) is 29.4 Å². The average Bonchev–Trinajstić information content (AvgIpc) is 2.74. The summed E-state index contributed by atoms with van der Waals surface area (Å²) in [4.78, 5) is 1.68. The molecule has 68 valence electrons. The summed E-state index contributed by atoms with van der Waals surface area (Å²) in [5, 5.41) is 11.4. The molecule has 2 aromatic heterocycles. The highest BCUT2D eigenvalue weighted by molar-refractivity contribution is 7.12. The van der Waals surface area contributed by atoms with Crippen LogP contribution in [0.4, 0.5) is 0 Å². The van der Waals surface area contributed by atoms with Gasteiger partial charge in [0.1, 0.15) is 5.00 Å². The number of rotatable bonds is 2. The smallest absolute Gasteiger partial charge is 0.142 e. The van der Waals surface area contributed by atoms with E-state index in [2.05, 4.69) is 35.5 Å². The van der Waals surface area contributed by atoms with Crippen molar-refractivity contribution >= 4 is 11.3 Å². The quantitative estimate of drug-likeness (QED) is 0.733. The van der Waals surface area contributed by atoms with Gasteiger partial charge in [0.15, 0.2) is 0 Å². The van der Waals surface area contributed by atoms with Gasteiger partial charge in [-0.2, -0.15) is 10.2 Å². The van der Waals surface area contributed by atoms with E-state index < -0.39 is 0 Å². The summed E-state index contributed by atoms with van der Waals surface area (Å²) < 4.78 is 0. The monoisotopic (exact) mass is 193 g/mol. The third kappa shape index (κ3) is 1.49. The van der Waals surface area contributed by atoms with Gasteiger partial charge in [-0.25, -0.2) is 0 Å². The molecule has 4 heteroatoms. The van der Waals surface area contributed by atoms with Gasteiger partial charge >= 0.3 is 0 Å². The van der Waals surface area contributed by atoms with Crippen molar-refractivity contribution in [2.75, 3.05) is 0 Å². The molecule has 0 aliphatic carbocycles. The Kier molecular flexibility index (Phi) is 2.14. The Morgan fingerprint density at radius 3 is 2.62 bits per heavy atom. The van der Waals surface area contributed by atoms with Gasteiger partial charge in [-0.15, -0.1) is 16.1 Å². The van der Waals surface area contributed by atoms with Gasteiger partial charge in [0.25, 0.3) is 0 Å². The molecule has 0 atom stereocenters. The lowest BCUT2D eigenvalue weighted by molar-refractivity contribution is 0.741. The molecule has 0 aromatic carbocycles. The minimum atomic E-state index is 0.521. The third-order valence-electron chi connectivity index (χ3n) is 1.90. The lowest BCUT2D eigenvalue weighted by Gasteiger charge is -2.04. The number of aromatic nitrogens is 3. The van der Waals surface area contributed by atoms with Crippen molar-refractivity contribution in [2.45, 2.75) is 19.8 Å². The van der Waals surface area contributed by atoms with Crippen LogP contribution in [0.2, 0.25) is 0 Å². The third-order valence-corrected chi connectivity index (χ3v) is 2.79. The molecule has 0 bridgehead atoms. The Morgan fingerprint density at radius 1 is 1.31 bits per heavy atom. The van der Waals surface area contributed by atoms with Crippen molar-refractivity contribution in [1.82, 2.24) is 15.0 Å². The van der Waals surface area contributed by atoms with Crippen LogP contribution in [0.25, 0.3) is 5.00 Å². The standard InChI is InChI=1S/C9H11N3S/c1-7(2)8-3-6-13-9(8)12-10-4-5-11-12/h3-7H,1-2H3. The first-order valence-corrected chi connectivity index (χ1v) is 5.11. The summed E-state index contributed by atoms with van der Waals surface area (Å²) in [6.07, 6.45) is 3.40. The van der Waals surface area contributed by atoms with Gasteiger partial charge in [-0.05, 0) is 22.9 Å². The first-order valence-electron chi connectivity index (χ1n) is 4.23. The minimum Gasteiger partial charge on any atom is -0.156 e. The van der Waals surface area contributed by atoms with E-state index in [1.54, 1.807) is 28.5 Å². The zero-order chi connectivity index (χ0) is 9.26. The lowest BCUT2D eigenvalue weighted by Crippen LogP contribution is -2.00. The Hall–Kier alpha value is -1.16. The van der Waals surface area contributed by atoms with E-state index in [0.717, 1.165) is 5.00 Å². The summed E-state index contributed by atoms with van der Waals surface area (Å²) in [7, 11) is 0. The molecule has 3 nitrogen and oxygen atoms in total. The fourth-order valence-electron chi connectivity index (χ4n) is 1.23. The topological polar surface area (TPSA) is 30.7 Å². The van der Waals surface area contributed by atoms with Crippen molar-refractivity contribution < 1.29 is 0 Å². The van der Waals surface area contributed by atoms with E-state index >= 15 is 0 Å². The Labute approximate surface area is 81.0 Å². The van der Waals surface area contributed by atoms with Crippen LogP contribution < -0.4 is 0 Å². The number of hydrogen-bond acceptors (Lipinski definition) is 3.